The molecule has 0 aliphatic carbocycles. The zero-order valence-corrected chi connectivity index (χ0v) is 12.1. The van der Waals surface area contributed by atoms with Crippen LogP contribution in [-0.2, 0) is 0 Å². The summed E-state index contributed by atoms with van der Waals surface area (Å²) < 4.78 is 0. The molecular formula is C16H18N4O. The van der Waals surface area contributed by atoms with Gasteiger partial charge in [0.25, 0.3) is 5.91 Å². The van der Waals surface area contributed by atoms with E-state index in [2.05, 4.69) is 21.9 Å². The SMILES string of the molecule is CN1CCN(C(=O)c2ccccc2-c2ccncn2)CC1. The Morgan fingerprint density at radius 3 is 2.57 bits per heavy atom. The van der Waals surface area contributed by atoms with Crippen LogP contribution in [0, 0.1) is 0 Å². The predicted molar refractivity (Wildman–Crippen MR) is 80.9 cm³/mol. The van der Waals surface area contributed by atoms with Gasteiger partial charge < -0.3 is 9.80 Å². The molecule has 0 atom stereocenters. The number of hydrogen-bond donors (Lipinski definition) is 0. The van der Waals surface area contributed by atoms with Gasteiger partial charge in [0, 0.05) is 43.5 Å². The Morgan fingerprint density at radius 1 is 1.10 bits per heavy atom. The van der Waals surface area contributed by atoms with Gasteiger partial charge in [0.2, 0.25) is 0 Å². The van der Waals surface area contributed by atoms with E-state index in [-0.39, 0.29) is 5.91 Å². The number of amides is 1. The van der Waals surface area contributed by atoms with Crippen LogP contribution in [0.25, 0.3) is 11.3 Å². The van der Waals surface area contributed by atoms with Crippen LogP contribution >= 0.6 is 0 Å². The summed E-state index contributed by atoms with van der Waals surface area (Å²) in [5.41, 5.74) is 2.35. The van der Waals surface area contributed by atoms with Crippen molar-refractivity contribution in [3.63, 3.8) is 0 Å². The van der Waals surface area contributed by atoms with Gasteiger partial charge in [-0.1, -0.05) is 18.2 Å². The van der Waals surface area contributed by atoms with Crippen molar-refractivity contribution in [3.05, 3.63) is 48.4 Å². The number of carbonyl (C=O) groups is 1. The summed E-state index contributed by atoms with van der Waals surface area (Å²) in [5.74, 6) is 0.0808. The molecular weight excluding hydrogens is 264 g/mol. The van der Waals surface area contributed by atoms with E-state index in [1.807, 2.05) is 35.2 Å². The standard InChI is InChI=1S/C16H18N4O/c1-19-8-10-20(11-9-19)16(21)14-5-3-2-4-13(14)15-6-7-17-12-18-15/h2-7,12H,8-11H2,1H3. The van der Waals surface area contributed by atoms with Crippen LogP contribution in [-0.4, -0.2) is 58.9 Å². The minimum Gasteiger partial charge on any atom is -0.336 e. The predicted octanol–water partition coefficient (Wildman–Crippen LogP) is 1.53. The summed E-state index contributed by atoms with van der Waals surface area (Å²) in [4.78, 5) is 25.1. The first-order chi connectivity index (χ1) is 10.3. The van der Waals surface area contributed by atoms with Crippen molar-refractivity contribution >= 4 is 5.91 Å². The Morgan fingerprint density at radius 2 is 1.86 bits per heavy atom. The van der Waals surface area contributed by atoms with E-state index >= 15 is 0 Å². The maximum absolute atomic E-state index is 12.8. The van der Waals surface area contributed by atoms with E-state index in [1.165, 1.54) is 6.33 Å². The number of benzene rings is 1. The second kappa shape index (κ2) is 6.01. The molecule has 1 aliphatic rings. The lowest BCUT2D eigenvalue weighted by Gasteiger charge is -2.32. The first kappa shape index (κ1) is 13.7. The van der Waals surface area contributed by atoms with Crippen LogP contribution in [0.2, 0.25) is 0 Å². The fraction of sp³-hybridized carbons (Fsp3) is 0.312. The Hall–Kier alpha value is -2.27. The lowest BCUT2D eigenvalue weighted by molar-refractivity contribution is 0.0665. The Labute approximate surface area is 124 Å². The fourth-order valence-electron chi connectivity index (χ4n) is 2.52. The Bertz CT molecular complexity index is 621. The van der Waals surface area contributed by atoms with Gasteiger partial charge in [0.15, 0.2) is 0 Å². The number of aromatic nitrogens is 2. The monoisotopic (exact) mass is 282 g/mol. The van der Waals surface area contributed by atoms with Gasteiger partial charge in [0.1, 0.15) is 6.33 Å². The summed E-state index contributed by atoms with van der Waals surface area (Å²) in [6.45, 7) is 3.38. The highest BCUT2D eigenvalue weighted by Crippen LogP contribution is 2.22. The van der Waals surface area contributed by atoms with Crippen molar-refractivity contribution in [2.75, 3.05) is 33.2 Å². The normalized spacial score (nSPS) is 16.0. The first-order valence-electron chi connectivity index (χ1n) is 7.09. The van der Waals surface area contributed by atoms with E-state index in [0.717, 1.165) is 37.4 Å². The van der Waals surface area contributed by atoms with Gasteiger partial charge in [-0.2, -0.15) is 0 Å². The molecule has 1 aliphatic heterocycles. The van der Waals surface area contributed by atoms with Crippen molar-refractivity contribution < 1.29 is 4.79 Å². The van der Waals surface area contributed by atoms with E-state index in [0.29, 0.717) is 5.56 Å². The van der Waals surface area contributed by atoms with Crippen molar-refractivity contribution in [1.82, 2.24) is 19.8 Å². The quantitative estimate of drug-likeness (QED) is 0.838. The van der Waals surface area contributed by atoms with E-state index < -0.39 is 0 Å². The molecule has 0 unspecified atom stereocenters. The average Bonchev–Trinajstić information content (AvgIpc) is 2.56. The summed E-state index contributed by atoms with van der Waals surface area (Å²) >= 11 is 0. The largest absolute Gasteiger partial charge is 0.336 e. The molecule has 0 bridgehead atoms. The summed E-state index contributed by atoms with van der Waals surface area (Å²) in [7, 11) is 2.08. The van der Waals surface area contributed by atoms with Crippen molar-refractivity contribution in [3.8, 4) is 11.3 Å². The molecule has 0 N–H and O–H groups in total. The van der Waals surface area contributed by atoms with Gasteiger partial charge >= 0.3 is 0 Å². The third-order valence-corrected chi connectivity index (χ3v) is 3.81. The van der Waals surface area contributed by atoms with Crippen LogP contribution in [0.3, 0.4) is 0 Å². The molecule has 3 rings (SSSR count). The molecule has 108 valence electrons. The lowest BCUT2D eigenvalue weighted by Crippen LogP contribution is -2.47. The van der Waals surface area contributed by atoms with Gasteiger partial charge in [-0.3, -0.25) is 4.79 Å². The number of rotatable bonds is 2. The molecule has 1 fully saturated rings. The smallest absolute Gasteiger partial charge is 0.254 e. The van der Waals surface area contributed by atoms with E-state index in [1.54, 1.807) is 6.20 Å². The zero-order chi connectivity index (χ0) is 14.7. The highest BCUT2D eigenvalue weighted by molar-refractivity contribution is 6.00. The number of likely N-dealkylation sites (N-methyl/N-ethyl adjacent to an activating group) is 1. The maximum Gasteiger partial charge on any atom is 0.254 e. The fourth-order valence-corrected chi connectivity index (χ4v) is 2.52. The molecule has 1 aromatic heterocycles. The molecule has 21 heavy (non-hydrogen) atoms. The maximum atomic E-state index is 12.8. The molecule has 5 heteroatoms. The number of nitrogens with zero attached hydrogens (tertiary/aromatic N) is 4. The lowest BCUT2D eigenvalue weighted by atomic mass is 10.0. The Kier molecular flexibility index (Phi) is 3.92. The van der Waals surface area contributed by atoms with Crippen LogP contribution in [0.4, 0.5) is 0 Å². The average molecular weight is 282 g/mol. The van der Waals surface area contributed by atoms with Crippen LogP contribution in [0.5, 0.6) is 0 Å². The van der Waals surface area contributed by atoms with E-state index in [4.69, 9.17) is 0 Å². The molecule has 0 spiro atoms. The van der Waals surface area contributed by atoms with Crippen LogP contribution in [0.15, 0.2) is 42.9 Å². The molecule has 1 aromatic carbocycles. The summed E-state index contributed by atoms with van der Waals surface area (Å²) in [6, 6.07) is 9.46. The molecule has 5 nitrogen and oxygen atoms in total. The van der Waals surface area contributed by atoms with Crippen molar-refractivity contribution in [2.45, 2.75) is 0 Å². The first-order valence-corrected chi connectivity index (χ1v) is 7.09. The molecule has 0 saturated carbocycles. The third-order valence-electron chi connectivity index (χ3n) is 3.81. The molecule has 2 heterocycles. The molecule has 1 saturated heterocycles. The zero-order valence-electron chi connectivity index (χ0n) is 12.1. The van der Waals surface area contributed by atoms with Gasteiger partial charge in [-0.05, 0) is 19.2 Å². The second-order valence-electron chi connectivity index (χ2n) is 5.24. The number of carbonyl (C=O) groups excluding carboxylic acids is 1. The highest BCUT2D eigenvalue weighted by atomic mass is 16.2. The van der Waals surface area contributed by atoms with Gasteiger partial charge in [-0.15, -0.1) is 0 Å². The van der Waals surface area contributed by atoms with Gasteiger partial charge in [-0.25, -0.2) is 9.97 Å². The molecule has 1 amide bonds. The minimum absolute atomic E-state index is 0.0808. The molecule has 0 radical (unpaired) electrons. The second-order valence-corrected chi connectivity index (χ2v) is 5.24. The number of hydrogen-bond acceptors (Lipinski definition) is 4. The third kappa shape index (κ3) is 2.92. The Balaban J connectivity index is 1.90. The van der Waals surface area contributed by atoms with Crippen LogP contribution in [0.1, 0.15) is 10.4 Å². The number of piperazine rings is 1. The van der Waals surface area contributed by atoms with Gasteiger partial charge in [0.05, 0.1) is 5.69 Å². The van der Waals surface area contributed by atoms with Crippen molar-refractivity contribution in [2.24, 2.45) is 0 Å². The topological polar surface area (TPSA) is 49.3 Å². The highest BCUT2D eigenvalue weighted by Gasteiger charge is 2.22. The van der Waals surface area contributed by atoms with Crippen LogP contribution < -0.4 is 0 Å². The minimum atomic E-state index is 0.0808. The van der Waals surface area contributed by atoms with Crippen molar-refractivity contribution in [1.29, 1.82) is 0 Å². The molecule has 2 aromatic rings. The summed E-state index contributed by atoms with van der Waals surface area (Å²) in [6.07, 6.45) is 3.20. The summed E-state index contributed by atoms with van der Waals surface area (Å²) in [5, 5.41) is 0. The van der Waals surface area contributed by atoms with E-state index in [9.17, 15) is 4.79 Å².